The van der Waals surface area contributed by atoms with Crippen LogP contribution >= 0.6 is 0 Å². The van der Waals surface area contributed by atoms with Crippen LogP contribution in [-0.2, 0) is 21.4 Å². The van der Waals surface area contributed by atoms with Gasteiger partial charge in [-0.2, -0.15) is 0 Å². The first-order valence-corrected chi connectivity index (χ1v) is 11.6. The summed E-state index contributed by atoms with van der Waals surface area (Å²) in [6.07, 6.45) is 0.0635. The molecule has 0 spiro atoms. The molecule has 0 bridgehead atoms. The van der Waals surface area contributed by atoms with Crippen molar-refractivity contribution in [2.45, 2.75) is 31.4 Å². The van der Waals surface area contributed by atoms with Crippen molar-refractivity contribution in [3.8, 4) is 16.9 Å². The largest absolute Gasteiger partial charge is 0.491 e. The molecule has 6 nitrogen and oxygen atoms in total. The molecule has 4 rings (SSSR count). The lowest BCUT2D eigenvalue weighted by Crippen LogP contribution is -2.42. The Labute approximate surface area is 186 Å². The number of rotatable bonds is 6. The highest BCUT2D eigenvalue weighted by Crippen LogP contribution is 2.42. The maximum Gasteiger partial charge on any atom is 0.265 e. The summed E-state index contributed by atoms with van der Waals surface area (Å²) in [5, 5.41) is 2.75. The van der Waals surface area contributed by atoms with Crippen LogP contribution in [0, 0.1) is 5.82 Å². The van der Waals surface area contributed by atoms with E-state index in [-0.39, 0.29) is 23.2 Å². The number of carbonyl (C=O) groups is 1. The Morgan fingerprint density at radius 2 is 1.75 bits per heavy atom. The fourth-order valence-electron chi connectivity index (χ4n) is 3.62. The summed E-state index contributed by atoms with van der Waals surface area (Å²) in [6.45, 7) is 3.70. The highest BCUT2D eigenvalue weighted by molar-refractivity contribution is 7.93. The minimum absolute atomic E-state index is 0.0478. The maximum atomic E-state index is 13.9. The van der Waals surface area contributed by atoms with Crippen LogP contribution in [0.5, 0.6) is 5.75 Å². The van der Waals surface area contributed by atoms with Gasteiger partial charge in [0.1, 0.15) is 18.1 Å². The van der Waals surface area contributed by atoms with Gasteiger partial charge in [0.2, 0.25) is 5.91 Å². The van der Waals surface area contributed by atoms with Crippen LogP contribution in [0.4, 0.5) is 10.1 Å². The lowest BCUT2D eigenvalue weighted by Gasteiger charge is -2.31. The molecule has 1 aliphatic rings. The molecule has 1 aliphatic heterocycles. The van der Waals surface area contributed by atoms with E-state index in [0.717, 1.165) is 15.6 Å². The number of sulfonamides is 1. The Balaban J connectivity index is 1.53. The van der Waals surface area contributed by atoms with Crippen molar-refractivity contribution < 1.29 is 22.3 Å². The predicted molar refractivity (Wildman–Crippen MR) is 120 cm³/mol. The van der Waals surface area contributed by atoms with E-state index in [9.17, 15) is 17.6 Å². The van der Waals surface area contributed by atoms with Crippen molar-refractivity contribution in [2.24, 2.45) is 0 Å². The SMILES string of the molecule is CC(C)Oc1ccc(CNC(=O)CN2c3ccc(F)cc3-c3ccccc3S2(=O)=O)cc1. The van der Waals surface area contributed by atoms with E-state index < -0.39 is 28.3 Å². The molecule has 0 unspecified atom stereocenters. The molecule has 0 aromatic heterocycles. The number of benzene rings is 3. The topological polar surface area (TPSA) is 75.7 Å². The molecular formula is C24H23FN2O4S. The molecule has 1 heterocycles. The maximum absolute atomic E-state index is 13.9. The molecular weight excluding hydrogens is 431 g/mol. The number of hydrogen-bond acceptors (Lipinski definition) is 4. The van der Waals surface area contributed by atoms with Gasteiger partial charge in [0.05, 0.1) is 16.7 Å². The molecule has 0 saturated heterocycles. The first-order valence-electron chi connectivity index (χ1n) is 10.2. The molecule has 1 N–H and O–H groups in total. The van der Waals surface area contributed by atoms with Crippen molar-refractivity contribution in [1.82, 2.24) is 5.32 Å². The number of nitrogens with zero attached hydrogens (tertiary/aromatic N) is 1. The number of ether oxygens (including phenoxy) is 1. The smallest absolute Gasteiger partial charge is 0.265 e. The van der Waals surface area contributed by atoms with Crippen molar-refractivity contribution >= 4 is 21.6 Å². The second-order valence-electron chi connectivity index (χ2n) is 7.76. The zero-order chi connectivity index (χ0) is 22.9. The van der Waals surface area contributed by atoms with Crippen LogP contribution in [0.25, 0.3) is 11.1 Å². The summed E-state index contributed by atoms with van der Waals surface area (Å²) in [5.41, 5.74) is 1.98. The second kappa shape index (κ2) is 8.63. The first-order chi connectivity index (χ1) is 15.3. The molecule has 32 heavy (non-hydrogen) atoms. The summed E-state index contributed by atoms with van der Waals surface area (Å²) in [4.78, 5) is 12.7. The molecule has 8 heteroatoms. The molecule has 1 amide bonds. The Hall–Kier alpha value is -3.39. The third-order valence-electron chi connectivity index (χ3n) is 5.04. The van der Waals surface area contributed by atoms with E-state index in [4.69, 9.17) is 4.74 Å². The van der Waals surface area contributed by atoms with E-state index in [2.05, 4.69) is 5.32 Å². The summed E-state index contributed by atoms with van der Waals surface area (Å²) in [6, 6.07) is 17.6. The van der Waals surface area contributed by atoms with E-state index in [1.807, 2.05) is 38.1 Å². The van der Waals surface area contributed by atoms with Gasteiger partial charge in [-0.05, 0) is 55.8 Å². The van der Waals surface area contributed by atoms with E-state index in [1.54, 1.807) is 18.2 Å². The van der Waals surface area contributed by atoms with E-state index >= 15 is 0 Å². The second-order valence-corrected chi connectivity index (χ2v) is 9.59. The van der Waals surface area contributed by atoms with Gasteiger partial charge in [0.25, 0.3) is 10.0 Å². The van der Waals surface area contributed by atoms with Crippen LogP contribution < -0.4 is 14.4 Å². The van der Waals surface area contributed by atoms with Gasteiger partial charge in [-0.3, -0.25) is 9.10 Å². The van der Waals surface area contributed by atoms with Crippen molar-refractivity contribution in [3.63, 3.8) is 0 Å². The predicted octanol–water partition coefficient (Wildman–Crippen LogP) is 4.11. The van der Waals surface area contributed by atoms with Crippen molar-refractivity contribution in [2.75, 3.05) is 10.8 Å². The Morgan fingerprint density at radius 3 is 2.47 bits per heavy atom. The van der Waals surface area contributed by atoms with E-state index in [1.165, 1.54) is 24.3 Å². The number of fused-ring (bicyclic) bond motifs is 3. The summed E-state index contributed by atoms with van der Waals surface area (Å²) < 4.78 is 47.0. The number of amides is 1. The average Bonchev–Trinajstić information content (AvgIpc) is 2.76. The molecule has 0 radical (unpaired) electrons. The van der Waals surface area contributed by atoms with E-state index in [0.29, 0.717) is 11.1 Å². The fraction of sp³-hybridized carbons (Fsp3) is 0.208. The third-order valence-corrected chi connectivity index (χ3v) is 6.86. The highest BCUT2D eigenvalue weighted by Gasteiger charge is 2.36. The van der Waals surface area contributed by atoms with Gasteiger partial charge in [-0.1, -0.05) is 30.3 Å². The fourth-order valence-corrected chi connectivity index (χ4v) is 5.27. The van der Waals surface area contributed by atoms with Crippen LogP contribution in [0.1, 0.15) is 19.4 Å². The zero-order valence-electron chi connectivity index (χ0n) is 17.7. The number of anilines is 1. The van der Waals surface area contributed by atoms with Gasteiger partial charge >= 0.3 is 0 Å². The Morgan fingerprint density at radius 1 is 1.03 bits per heavy atom. The van der Waals surface area contributed by atoms with Gasteiger partial charge in [0, 0.05) is 17.7 Å². The molecule has 0 aliphatic carbocycles. The molecule has 0 fully saturated rings. The van der Waals surface area contributed by atoms with Gasteiger partial charge in [-0.25, -0.2) is 12.8 Å². The van der Waals surface area contributed by atoms with Crippen LogP contribution in [0.3, 0.4) is 0 Å². The molecule has 3 aromatic carbocycles. The van der Waals surface area contributed by atoms with Gasteiger partial charge < -0.3 is 10.1 Å². The van der Waals surface area contributed by atoms with Crippen LogP contribution in [0.15, 0.2) is 71.6 Å². The normalized spacial score (nSPS) is 13.9. The number of carbonyl (C=O) groups excluding carboxylic acids is 1. The molecule has 3 aromatic rings. The Kier molecular flexibility index (Phi) is 5.88. The van der Waals surface area contributed by atoms with Crippen molar-refractivity contribution in [1.29, 1.82) is 0 Å². The third kappa shape index (κ3) is 4.31. The standard InChI is InChI=1S/C24H23FN2O4S/c1-16(2)31-19-10-7-17(8-11-19)14-26-24(28)15-27-22-12-9-18(25)13-21(22)20-5-3-4-6-23(20)32(27,29)30/h3-13,16H,14-15H2,1-2H3,(H,26,28). The Bertz CT molecular complexity index is 1260. The summed E-state index contributed by atoms with van der Waals surface area (Å²) >= 11 is 0. The number of nitrogens with one attached hydrogen (secondary N) is 1. The molecule has 0 atom stereocenters. The zero-order valence-corrected chi connectivity index (χ0v) is 18.5. The van der Waals surface area contributed by atoms with Crippen LogP contribution in [0.2, 0.25) is 0 Å². The highest BCUT2D eigenvalue weighted by atomic mass is 32.2. The monoisotopic (exact) mass is 454 g/mol. The van der Waals surface area contributed by atoms with Gasteiger partial charge in [0.15, 0.2) is 0 Å². The quantitative estimate of drug-likeness (QED) is 0.608. The first kappa shape index (κ1) is 21.8. The molecule has 166 valence electrons. The minimum atomic E-state index is -3.97. The van der Waals surface area contributed by atoms with Crippen molar-refractivity contribution in [3.05, 3.63) is 78.1 Å². The number of halogens is 1. The summed E-state index contributed by atoms with van der Waals surface area (Å²) in [5.74, 6) is -0.213. The lowest BCUT2D eigenvalue weighted by atomic mass is 10.0. The van der Waals surface area contributed by atoms with Gasteiger partial charge in [-0.15, -0.1) is 0 Å². The van der Waals surface area contributed by atoms with Crippen LogP contribution in [-0.4, -0.2) is 27.0 Å². The lowest BCUT2D eigenvalue weighted by molar-refractivity contribution is -0.119. The summed E-state index contributed by atoms with van der Waals surface area (Å²) in [7, 11) is -3.97. The molecule has 0 saturated carbocycles. The average molecular weight is 455 g/mol. The number of hydrogen-bond donors (Lipinski definition) is 1. The minimum Gasteiger partial charge on any atom is -0.491 e.